The van der Waals surface area contributed by atoms with Gasteiger partial charge in [0.15, 0.2) is 11.0 Å². The Morgan fingerprint density at radius 2 is 1.78 bits per heavy atom. The predicted octanol–water partition coefficient (Wildman–Crippen LogP) is 7.89. The van der Waals surface area contributed by atoms with Crippen molar-refractivity contribution in [3.8, 4) is 22.8 Å². The van der Waals surface area contributed by atoms with Gasteiger partial charge in [-0.1, -0.05) is 50.2 Å². The molecule has 0 spiro atoms. The van der Waals surface area contributed by atoms with E-state index < -0.39 is 15.0 Å². The SMILES string of the molecule is Cc1ccc(C(C)C)c(N2C(=O)C(Br)(Br)S/C2=N\C(=O)N/N=C/c2ccc(-c3ncn(-c4ccc(OC(F)(F)F)cc4)n3)cc2)c1. The molecule has 238 valence electrons. The maximum atomic E-state index is 13.3. The highest BCUT2D eigenvalue weighted by atomic mass is 79.9. The lowest BCUT2D eigenvalue weighted by Gasteiger charge is -2.22. The number of anilines is 1. The number of amides is 3. The Bertz CT molecular complexity index is 1830. The van der Waals surface area contributed by atoms with Crippen molar-refractivity contribution in [1.29, 1.82) is 0 Å². The molecule has 1 fully saturated rings. The summed E-state index contributed by atoms with van der Waals surface area (Å²) in [5.74, 6) is -0.156. The summed E-state index contributed by atoms with van der Waals surface area (Å²) >= 11 is 7.82. The highest BCUT2D eigenvalue weighted by molar-refractivity contribution is 9.29. The third-order valence-corrected chi connectivity index (χ3v) is 9.02. The van der Waals surface area contributed by atoms with Crippen LogP contribution in [-0.2, 0) is 4.79 Å². The van der Waals surface area contributed by atoms with Gasteiger partial charge >= 0.3 is 12.4 Å². The van der Waals surface area contributed by atoms with E-state index in [9.17, 15) is 22.8 Å². The van der Waals surface area contributed by atoms with Gasteiger partial charge in [0.2, 0.25) is 2.57 Å². The molecule has 2 heterocycles. The number of halogens is 5. The second-order valence-corrected chi connectivity index (χ2v) is 15.9. The average molecular weight is 779 g/mol. The van der Waals surface area contributed by atoms with E-state index in [2.05, 4.69) is 62.2 Å². The number of thioether (sulfide) groups is 1. The van der Waals surface area contributed by atoms with E-state index in [1.165, 1.54) is 46.4 Å². The molecule has 1 N–H and O–H groups in total. The average Bonchev–Trinajstić information content (AvgIpc) is 3.55. The fourth-order valence-electron chi connectivity index (χ4n) is 4.35. The number of ether oxygens (including phenoxy) is 1. The number of aryl methyl sites for hydroxylation is 1. The van der Waals surface area contributed by atoms with Gasteiger partial charge in [-0.15, -0.1) is 18.3 Å². The standard InChI is InChI=1S/C30H24Br2F3N7O3S/c1-17(2)23-13-4-18(3)14-24(23)42-26(43)29(31,32)46-28(42)38-27(44)39-37-15-19-5-7-20(8-6-19)25-36-16-41(40-25)21-9-11-22(12-10-21)45-30(33,34)35/h4-17H,1-3H3,(H,39,44)/b37-15+,38-28-. The van der Waals surface area contributed by atoms with Crippen molar-refractivity contribution >= 4 is 72.6 Å². The molecule has 3 aromatic carbocycles. The molecule has 0 atom stereocenters. The number of carbonyl (C=O) groups excluding carboxylic acids is 2. The quantitative estimate of drug-likeness (QED) is 0.116. The molecule has 16 heteroatoms. The lowest BCUT2D eigenvalue weighted by atomic mass is 9.99. The van der Waals surface area contributed by atoms with E-state index in [4.69, 9.17) is 0 Å². The zero-order valence-electron chi connectivity index (χ0n) is 24.3. The van der Waals surface area contributed by atoms with Gasteiger partial charge in [-0.3, -0.25) is 9.69 Å². The predicted molar refractivity (Wildman–Crippen MR) is 178 cm³/mol. The number of hydrogen-bond acceptors (Lipinski definition) is 7. The third-order valence-electron chi connectivity index (χ3n) is 6.48. The lowest BCUT2D eigenvalue weighted by molar-refractivity contribution is -0.274. The van der Waals surface area contributed by atoms with E-state index in [1.54, 1.807) is 24.3 Å². The fourth-order valence-corrected chi connectivity index (χ4v) is 6.39. The Morgan fingerprint density at radius 1 is 1.09 bits per heavy atom. The van der Waals surface area contributed by atoms with Crippen LogP contribution >= 0.6 is 43.6 Å². The van der Waals surface area contributed by atoms with Crippen LogP contribution < -0.4 is 15.1 Å². The molecule has 0 unspecified atom stereocenters. The van der Waals surface area contributed by atoms with Gasteiger partial charge in [0.1, 0.15) is 12.1 Å². The van der Waals surface area contributed by atoms with Crippen LogP contribution in [-0.4, -0.2) is 47.0 Å². The first-order valence-corrected chi connectivity index (χ1v) is 15.9. The Kier molecular flexibility index (Phi) is 9.70. The Labute approximate surface area is 282 Å². The molecule has 0 aliphatic carbocycles. The van der Waals surface area contributed by atoms with Crippen molar-refractivity contribution in [2.24, 2.45) is 10.1 Å². The molecule has 1 saturated heterocycles. The van der Waals surface area contributed by atoms with Gasteiger partial charge in [-0.05, 0) is 103 Å². The van der Waals surface area contributed by atoms with E-state index in [1.807, 2.05) is 39.0 Å². The highest BCUT2D eigenvalue weighted by Crippen LogP contribution is 2.50. The van der Waals surface area contributed by atoms with Crippen molar-refractivity contribution in [3.05, 3.63) is 89.7 Å². The molecular weight excluding hydrogens is 755 g/mol. The maximum Gasteiger partial charge on any atom is 0.573 e. The van der Waals surface area contributed by atoms with Gasteiger partial charge < -0.3 is 4.74 Å². The maximum absolute atomic E-state index is 13.3. The number of hydrogen-bond donors (Lipinski definition) is 1. The number of amidine groups is 1. The Balaban J connectivity index is 1.25. The number of alkyl halides is 5. The van der Waals surface area contributed by atoms with Crippen molar-refractivity contribution in [1.82, 2.24) is 20.2 Å². The molecule has 1 aliphatic rings. The molecule has 4 aromatic rings. The van der Waals surface area contributed by atoms with Crippen LogP contribution in [0.4, 0.5) is 23.7 Å². The molecule has 46 heavy (non-hydrogen) atoms. The minimum atomic E-state index is -4.77. The monoisotopic (exact) mass is 777 g/mol. The summed E-state index contributed by atoms with van der Waals surface area (Å²) in [5, 5.41) is 8.55. The molecule has 0 saturated carbocycles. The Morgan fingerprint density at radius 3 is 2.43 bits per heavy atom. The normalized spacial score (nSPS) is 15.7. The second kappa shape index (κ2) is 13.4. The number of benzene rings is 3. The minimum absolute atomic E-state index is 0.120. The molecule has 0 radical (unpaired) electrons. The minimum Gasteiger partial charge on any atom is -0.406 e. The van der Waals surface area contributed by atoms with Gasteiger partial charge in [-0.25, -0.2) is 19.9 Å². The molecule has 10 nitrogen and oxygen atoms in total. The molecular formula is C30H24Br2F3N7O3S. The number of rotatable bonds is 7. The van der Waals surface area contributed by atoms with Crippen molar-refractivity contribution in [2.45, 2.75) is 35.6 Å². The number of urea groups is 1. The van der Waals surface area contributed by atoms with E-state index in [-0.39, 0.29) is 22.7 Å². The summed E-state index contributed by atoms with van der Waals surface area (Å²) < 4.78 is 41.4. The lowest BCUT2D eigenvalue weighted by Crippen LogP contribution is -2.35. The van der Waals surface area contributed by atoms with Crippen LogP contribution in [0.5, 0.6) is 5.75 Å². The summed E-state index contributed by atoms with van der Waals surface area (Å²) in [7, 11) is 0. The molecule has 1 aromatic heterocycles. The number of nitrogens with one attached hydrogen (secondary N) is 1. The number of carbonyl (C=O) groups is 2. The van der Waals surface area contributed by atoms with Crippen molar-refractivity contribution in [3.63, 3.8) is 0 Å². The van der Waals surface area contributed by atoms with Crippen LogP contribution in [0.1, 0.15) is 36.5 Å². The summed E-state index contributed by atoms with van der Waals surface area (Å²) in [4.78, 5) is 35.8. The summed E-state index contributed by atoms with van der Waals surface area (Å²) in [5.41, 5.74) is 6.73. The van der Waals surface area contributed by atoms with Crippen molar-refractivity contribution in [2.75, 3.05) is 4.90 Å². The van der Waals surface area contributed by atoms with E-state index in [0.29, 0.717) is 28.3 Å². The summed E-state index contributed by atoms with van der Waals surface area (Å²) in [6, 6.07) is 17.3. The van der Waals surface area contributed by atoms with Crippen LogP contribution in [0, 0.1) is 6.92 Å². The van der Waals surface area contributed by atoms with Crippen LogP contribution in [0.25, 0.3) is 17.1 Å². The first-order valence-electron chi connectivity index (χ1n) is 13.5. The first kappa shape index (κ1) is 33.3. The van der Waals surface area contributed by atoms with Crippen LogP contribution in [0.3, 0.4) is 0 Å². The van der Waals surface area contributed by atoms with Crippen molar-refractivity contribution < 1.29 is 27.5 Å². The molecule has 0 bridgehead atoms. The highest BCUT2D eigenvalue weighted by Gasteiger charge is 2.50. The molecule has 1 aliphatic heterocycles. The summed E-state index contributed by atoms with van der Waals surface area (Å²) in [6.07, 6.45) is -1.90. The van der Waals surface area contributed by atoms with Crippen LogP contribution in [0.15, 0.2) is 83.2 Å². The smallest absolute Gasteiger partial charge is 0.406 e. The number of aromatic nitrogens is 3. The molecule has 3 amide bonds. The second-order valence-electron chi connectivity index (χ2n) is 10.2. The third kappa shape index (κ3) is 7.85. The number of nitrogens with zero attached hydrogens (tertiary/aromatic N) is 6. The topological polar surface area (TPSA) is 114 Å². The van der Waals surface area contributed by atoms with Gasteiger partial charge in [0.25, 0.3) is 5.91 Å². The fraction of sp³-hybridized carbons (Fsp3) is 0.200. The number of aliphatic imine (C=N–C) groups is 1. The first-order chi connectivity index (χ1) is 21.7. The zero-order valence-corrected chi connectivity index (χ0v) is 28.3. The van der Waals surface area contributed by atoms with Gasteiger partial charge in [0, 0.05) is 5.56 Å². The van der Waals surface area contributed by atoms with E-state index >= 15 is 0 Å². The van der Waals surface area contributed by atoms with E-state index in [0.717, 1.165) is 22.9 Å². The molecule has 5 rings (SSSR count). The van der Waals surface area contributed by atoms with Crippen LogP contribution in [0.2, 0.25) is 0 Å². The Hall–Kier alpha value is -4.02. The number of hydrazone groups is 1. The van der Waals surface area contributed by atoms with Gasteiger partial charge in [0.05, 0.1) is 17.6 Å². The summed E-state index contributed by atoms with van der Waals surface area (Å²) in [6.45, 7) is 5.97. The largest absolute Gasteiger partial charge is 0.573 e. The zero-order chi connectivity index (χ0) is 33.2. The van der Waals surface area contributed by atoms with Gasteiger partial charge in [-0.2, -0.15) is 10.1 Å².